The lowest BCUT2D eigenvalue weighted by Gasteiger charge is -2.31. The molecule has 2 rings (SSSR count). The summed E-state index contributed by atoms with van der Waals surface area (Å²) in [5.41, 5.74) is 0. The zero-order valence-corrected chi connectivity index (χ0v) is 11.7. The maximum absolute atomic E-state index is 13.4. The van der Waals surface area contributed by atoms with Crippen LogP contribution in [0, 0.1) is 11.7 Å². The smallest absolute Gasteiger partial charge is 0.141 e. The van der Waals surface area contributed by atoms with Gasteiger partial charge in [0.25, 0.3) is 0 Å². The third kappa shape index (κ3) is 3.21. The highest BCUT2D eigenvalue weighted by molar-refractivity contribution is 9.10. The summed E-state index contributed by atoms with van der Waals surface area (Å²) in [6, 6.07) is 4.99. The molecule has 0 aromatic heterocycles. The molecule has 1 fully saturated rings. The molecule has 0 bridgehead atoms. The molecule has 3 heteroatoms. The molecular weight excluding hydrogens is 283 g/mol. The molecule has 17 heavy (non-hydrogen) atoms. The topological polar surface area (TPSA) is 9.23 Å². The molecule has 1 aliphatic carbocycles. The maximum Gasteiger partial charge on any atom is 0.141 e. The Bertz CT molecular complexity index is 380. The van der Waals surface area contributed by atoms with Gasteiger partial charge in [-0.2, -0.15) is 0 Å². The van der Waals surface area contributed by atoms with E-state index in [0.29, 0.717) is 16.1 Å². The lowest BCUT2D eigenvalue weighted by Crippen LogP contribution is -2.29. The van der Waals surface area contributed by atoms with Gasteiger partial charge in [-0.15, -0.1) is 0 Å². The third-order valence-electron chi connectivity index (χ3n) is 3.54. The SMILES string of the molecule is CCC1CCCCC1Oc1ccc(Br)c(F)c1. The molecule has 0 spiro atoms. The molecule has 0 aliphatic heterocycles. The van der Waals surface area contributed by atoms with Crippen molar-refractivity contribution in [3.05, 3.63) is 28.5 Å². The van der Waals surface area contributed by atoms with Gasteiger partial charge in [0.1, 0.15) is 17.7 Å². The van der Waals surface area contributed by atoms with E-state index < -0.39 is 0 Å². The van der Waals surface area contributed by atoms with Crippen molar-refractivity contribution in [2.45, 2.75) is 45.1 Å². The number of hydrogen-bond donors (Lipinski definition) is 0. The molecule has 94 valence electrons. The Morgan fingerprint density at radius 1 is 1.35 bits per heavy atom. The molecule has 1 saturated carbocycles. The van der Waals surface area contributed by atoms with Crippen molar-refractivity contribution in [1.82, 2.24) is 0 Å². The Morgan fingerprint density at radius 3 is 2.82 bits per heavy atom. The molecular formula is C14H18BrFO. The maximum atomic E-state index is 13.4. The largest absolute Gasteiger partial charge is 0.490 e. The second-order valence-electron chi connectivity index (χ2n) is 4.69. The fourth-order valence-electron chi connectivity index (χ4n) is 2.52. The average Bonchev–Trinajstić information content (AvgIpc) is 2.34. The van der Waals surface area contributed by atoms with Gasteiger partial charge < -0.3 is 4.74 Å². The number of halogens is 2. The van der Waals surface area contributed by atoms with E-state index in [1.165, 1.54) is 25.3 Å². The summed E-state index contributed by atoms with van der Waals surface area (Å²) in [5, 5.41) is 0. The van der Waals surface area contributed by atoms with Crippen molar-refractivity contribution in [2.24, 2.45) is 5.92 Å². The fourth-order valence-corrected chi connectivity index (χ4v) is 2.77. The minimum absolute atomic E-state index is 0.258. The van der Waals surface area contributed by atoms with E-state index in [2.05, 4.69) is 22.9 Å². The first-order chi connectivity index (χ1) is 8.20. The Kier molecular flexibility index (Phi) is 4.43. The van der Waals surface area contributed by atoms with Crippen LogP contribution in [0.1, 0.15) is 39.0 Å². The lowest BCUT2D eigenvalue weighted by atomic mass is 9.85. The second-order valence-corrected chi connectivity index (χ2v) is 5.54. The molecule has 1 aliphatic rings. The van der Waals surface area contributed by atoms with Crippen LogP contribution in [0.15, 0.2) is 22.7 Å². The van der Waals surface area contributed by atoms with Crippen LogP contribution in [0.3, 0.4) is 0 Å². The lowest BCUT2D eigenvalue weighted by molar-refractivity contribution is 0.0900. The number of rotatable bonds is 3. The minimum Gasteiger partial charge on any atom is -0.490 e. The Labute approximate surface area is 110 Å². The highest BCUT2D eigenvalue weighted by Crippen LogP contribution is 2.31. The molecule has 1 aromatic rings. The van der Waals surface area contributed by atoms with E-state index in [4.69, 9.17) is 4.74 Å². The van der Waals surface area contributed by atoms with Gasteiger partial charge in [0.15, 0.2) is 0 Å². The Balaban J connectivity index is 2.05. The second kappa shape index (κ2) is 5.85. The van der Waals surface area contributed by atoms with Gasteiger partial charge in [-0.05, 0) is 59.7 Å². The van der Waals surface area contributed by atoms with Crippen LogP contribution in [0.2, 0.25) is 0 Å². The average molecular weight is 301 g/mol. The molecule has 0 N–H and O–H groups in total. The van der Waals surface area contributed by atoms with Crippen molar-refractivity contribution < 1.29 is 9.13 Å². The third-order valence-corrected chi connectivity index (χ3v) is 4.19. The first kappa shape index (κ1) is 12.9. The molecule has 0 saturated heterocycles. The van der Waals surface area contributed by atoms with Crippen molar-refractivity contribution in [2.75, 3.05) is 0 Å². The summed E-state index contributed by atoms with van der Waals surface area (Å²) in [7, 11) is 0. The summed E-state index contributed by atoms with van der Waals surface area (Å²) in [5.74, 6) is 1.01. The summed E-state index contributed by atoms with van der Waals surface area (Å²) in [6.07, 6.45) is 6.25. The molecule has 1 aromatic carbocycles. The molecule has 0 amide bonds. The van der Waals surface area contributed by atoms with Gasteiger partial charge >= 0.3 is 0 Å². The molecule has 2 atom stereocenters. The van der Waals surface area contributed by atoms with Crippen LogP contribution < -0.4 is 4.74 Å². The normalized spacial score (nSPS) is 24.6. The number of ether oxygens (including phenoxy) is 1. The van der Waals surface area contributed by atoms with Crippen molar-refractivity contribution in [3.63, 3.8) is 0 Å². The number of hydrogen-bond acceptors (Lipinski definition) is 1. The van der Waals surface area contributed by atoms with Gasteiger partial charge in [0, 0.05) is 6.07 Å². The van der Waals surface area contributed by atoms with Crippen LogP contribution >= 0.6 is 15.9 Å². The Hall–Kier alpha value is -0.570. The zero-order chi connectivity index (χ0) is 12.3. The predicted molar refractivity (Wildman–Crippen MR) is 70.8 cm³/mol. The standard InChI is InChI=1S/C14H18BrFO/c1-2-10-5-3-4-6-14(10)17-11-7-8-12(15)13(16)9-11/h7-10,14H,2-6H2,1H3. The van der Waals surface area contributed by atoms with Gasteiger partial charge in [0.05, 0.1) is 4.47 Å². The molecule has 0 heterocycles. The quantitative estimate of drug-likeness (QED) is 0.768. The van der Waals surface area contributed by atoms with Gasteiger partial charge in [-0.3, -0.25) is 0 Å². The van der Waals surface area contributed by atoms with Crippen LogP contribution in [-0.2, 0) is 0 Å². The molecule has 2 unspecified atom stereocenters. The van der Waals surface area contributed by atoms with Gasteiger partial charge in [0.2, 0.25) is 0 Å². The van der Waals surface area contributed by atoms with Gasteiger partial charge in [-0.1, -0.05) is 13.3 Å². The van der Waals surface area contributed by atoms with E-state index in [1.807, 2.05) is 6.07 Å². The molecule has 1 nitrogen and oxygen atoms in total. The summed E-state index contributed by atoms with van der Waals surface area (Å²) < 4.78 is 19.8. The van der Waals surface area contributed by atoms with Crippen molar-refractivity contribution in [1.29, 1.82) is 0 Å². The van der Waals surface area contributed by atoms with Crippen LogP contribution in [-0.4, -0.2) is 6.10 Å². The van der Waals surface area contributed by atoms with E-state index in [-0.39, 0.29) is 11.9 Å². The molecule has 0 radical (unpaired) electrons. The highest BCUT2D eigenvalue weighted by Gasteiger charge is 2.25. The van der Waals surface area contributed by atoms with Crippen molar-refractivity contribution >= 4 is 15.9 Å². The van der Waals surface area contributed by atoms with Crippen LogP contribution in [0.4, 0.5) is 4.39 Å². The number of benzene rings is 1. The predicted octanol–water partition coefficient (Wildman–Crippen LogP) is 4.94. The van der Waals surface area contributed by atoms with E-state index in [0.717, 1.165) is 12.8 Å². The highest BCUT2D eigenvalue weighted by atomic mass is 79.9. The fraction of sp³-hybridized carbons (Fsp3) is 0.571. The summed E-state index contributed by atoms with van der Waals surface area (Å²) in [6.45, 7) is 2.20. The van der Waals surface area contributed by atoms with E-state index in [1.54, 1.807) is 6.07 Å². The van der Waals surface area contributed by atoms with Crippen LogP contribution in [0.25, 0.3) is 0 Å². The van der Waals surface area contributed by atoms with Crippen molar-refractivity contribution in [3.8, 4) is 5.75 Å². The Morgan fingerprint density at radius 2 is 2.12 bits per heavy atom. The van der Waals surface area contributed by atoms with E-state index in [9.17, 15) is 4.39 Å². The monoisotopic (exact) mass is 300 g/mol. The first-order valence-electron chi connectivity index (χ1n) is 6.32. The van der Waals surface area contributed by atoms with E-state index >= 15 is 0 Å². The van der Waals surface area contributed by atoms with Gasteiger partial charge in [-0.25, -0.2) is 4.39 Å². The zero-order valence-electron chi connectivity index (χ0n) is 10.1. The summed E-state index contributed by atoms with van der Waals surface area (Å²) in [4.78, 5) is 0. The van der Waals surface area contributed by atoms with Crippen LogP contribution in [0.5, 0.6) is 5.75 Å². The summed E-state index contributed by atoms with van der Waals surface area (Å²) >= 11 is 3.15. The first-order valence-corrected chi connectivity index (χ1v) is 7.11. The minimum atomic E-state index is -0.258.